The molecule has 0 bridgehead atoms. The van der Waals surface area contributed by atoms with E-state index in [0.29, 0.717) is 6.54 Å². The van der Waals surface area contributed by atoms with Crippen molar-refractivity contribution in [1.82, 2.24) is 4.90 Å². The number of carbonyl (C=O) groups excluding carboxylic acids is 1. The van der Waals surface area contributed by atoms with Crippen LogP contribution in [0.3, 0.4) is 0 Å². The minimum absolute atomic E-state index is 0.182. The second kappa shape index (κ2) is 6.39. The van der Waals surface area contributed by atoms with Crippen LogP contribution >= 0.6 is 0 Å². The SMILES string of the molecule is CN(C)CC=C(CC(=O)O)C(=O)OC(C)(C)C. The average Bonchev–Trinajstić information content (AvgIpc) is 2.08. The molecule has 0 aliphatic rings. The first-order chi connectivity index (χ1) is 7.61. The summed E-state index contributed by atoms with van der Waals surface area (Å²) in [6, 6.07) is 0. The predicted octanol–water partition coefficient (Wildman–Crippen LogP) is 1.29. The Kier molecular flexibility index (Phi) is 5.88. The molecule has 0 aromatic carbocycles. The zero-order valence-electron chi connectivity index (χ0n) is 11.1. The molecule has 98 valence electrons. The number of carboxylic acid groups (broad SMARTS) is 1. The molecule has 1 N–H and O–H groups in total. The number of hydrogen-bond donors (Lipinski definition) is 1. The van der Waals surface area contributed by atoms with Crippen LogP contribution in [0.2, 0.25) is 0 Å². The van der Waals surface area contributed by atoms with E-state index in [-0.39, 0.29) is 12.0 Å². The lowest BCUT2D eigenvalue weighted by molar-refractivity contribution is -0.151. The van der Waals surface area contributed by atoms with Crippen LogP contribution in [0.15, 0.2) is 11.6 Å². The summed E-state index contributed by atoms with van der Waals surface area (Å²) in [7, 11) is 3.67. The summed E-state index contributed by atoms with van der Waals surface area (Å²) in [5, 5.41) is 8.73. The number of carbonyl (C=O) groups is 2. The minimum Gasteiger partial charge on any atom is -0.481 e. The highest BCUT2D eigenvalue weighted by Gasteiger charge is 2.21. The number of carboxylic acids is 1. The van der Waals surface area contributed by atoms with Gasteiger partial charge in [0, 0.05) is 12.1 Å². The van der Waals surface area contributed by atoms with Gasteiger partial charge in [0.05, 0.1) is 6.42 Å². The molecule has 0 radical (unpaired) electrons. The van der Waals surface area contributed by atoms with Crippen molar-refractivity contribution in [3.8, 4) is 0 Å². The van der Waals surface area contributed by atoms with Crippen LogP contribution in [0.5, 0.6) is 0 Å². The first kappa shape index (κ1) is 15.6. The van der Waals surface area contributed by atoms with Crippen molar-refractivity contribution >= 4 is 11.9 Å². The standard InChI is InChI=1S/C12H21NO4/c1-12(2,3)17-11(16)9(8-10(14)15)6-7-13(4)5/h6H,7-8H2,1-5H3,(H,14,15). The lowest BCUT2D eigenvalue weighted by atomic mass is 10.1. The van der Waals surface area contributed by atoms with Crippen LogP contribution in [-0.4, -0.2) is 48.2 Å². The summed E-state index contributed by atoms with van der Waals surface area (Å²) >= 11 is 0. The molecule has 0 aliphatic heterocycles. The zero-order valence-corrected chi connectivity index (χ0v) is 11.1. The fourth-order valence-corrected chi connectivity index (χ4v) is 1.03. The lowest BCUT2D eigenvalue weighted by Crippen LogP contribution is -2.26. The lowest BCUT2D eigenvalue weighted by Gasteiger charge is -2.20. The van der Waals surface area contributed by atoms with Gasteiger partial charge >= 0.3 is 11.9 Å². The molecule has 0 heterocycles. The van der Waals surface area contributed by atoms with Crippen molar-refractivity contribution in [2.24, 2.45) is 0 Å². The van der Waals surface area contributed by atoms with Crippen LogP contribution in [0.1, 0.15) is 27.2 Å². The normalized spacial score (nSPS) is 12.7. The van der Waals surface area contributed by atoms with Gasteiger partial charge in [-0.2, -0.15) is 0 Å². The Hall–Kier alpha value is -1.36. The van der Waals surface area contributed by atoms with Gasteiger partial charge in [-0.05, 0) is 34.9 Å². The van der Waals surface area contributed by atoms with Gasteiger partial charge in [-0.3, -0.25) is 4.79 Å². The van der Waals surface area contributed by atoms with Crippen LogP contribution < -0.4 is 0 Å². The topological polar surface area (TPSA) is 66.8 Å². The summed E-state index contributed by atoms with van der Waals surface area (Å²) in [6.45, 7) is 5.74. The summed E-state index contributed by atoms with van der Waals surface area (Å²) in [6.07, 6.45) is 1.27. The maximum absolute atomic E-state index is 11.7. The van der Waals surface area contributed by atoms with Crippen molar-refractivity contribution in [2.45, 2.75) is 32.8 Å². The van der Waals surface area contributed by atoms with Crippen molar-refractivity contribution in [3.05, 3.63) is 11.6 Å². The Labute approximate surface area is 102 Å². The third kappa shape index (κ3) is 8.45. The Morgan fingerprint density at radius 3 is 2.18 bits per heavy atom. The maximum atomic E-state index is 11.7. The highest BCUT2D eigenvalue weighted by molar-refractivity contribution is 5.93. The first-order valence-corrected chi connectivity index (χ1v) is 5.40. The van der Waals surface area contributed by atoms with E-state index in [2.05, 4.69) is 0 Å². The van der Waals surface area contributed by atoms with Gasteiger partial charge in [0.1, 0.15) is 5.60 Å². The molecule has 5 nitrogen and oxygen atoms in total. The number of esters is 1. The van der Waals surface area contributed by atoms with Gasteiger partial charge in [0.2, 0.25) is 0 Å². The molecule has 0 aromatic heterocycles. The molecule has 0 unspecified atom stereocenters. The molecule has 0 fully saturated rings. The Balaban J connectivity index is 4.74. The summed E-state index contributed by atoms with van der Waals surface area (Å²) in [5.74, 6) is -1.61. The van der Waals surface area contributed by atoms with Gasteiger partial charge in [0.15, 0.2) is 0 Å². The van der Waals surface area contributed by atoms with Crippen molar-refractivity contribution in [2.75, 3.05) is 20.6 Å². The van der Waals surface area contributed by atoms with E-state index in [1.807, 2.05) is 19.0 Å². The van der Waals surface area contributed by atoms with E-state index >= 15 is 0 Å². The van der Waals surface area contributed by atoms with Crippen molar-refractivity contribution in [3.63, 3.8) is 0 Å². The summed E-state index contributed by atoms with van der Waals surface area (Å²) in [5.41, 5.74) is -0.437. The van der Waals surface area contributed by atoms with Crippen molar-refractivity contribution in [1.29, 1.82) is 0 Å². The largest absolute Gasteiger partial charge is 0.481 e. The monoisotopic (exact) mass is 243 g/mol. The third-order valence-corrected chi connectivity index (χ3v) is 1.71. The molecular formula is C12H21NO4. The van der Waals surface area contributed by atoms with Gasteiger partial charge in [-0.15, -0.1) is 0 Å². The molecule has 0 spiro atoms. The van der Waals surface area contributed by atoms with E-state index in [0.717, 1.165) is 0 Å². The second-order valence-corrected chi connectivity index (χ2v) is 5.06. The number of rotatable bonds is 5. The molecule has 0 aromatic rings. The first-order valence-electron chi connectivity index (χ1n) is 5.40. The van der Waals surface area contributed by atoms with E-state index in [4.69, 9.17) is 9.84 Å². The van der Waals surface area contributed by atoms with E-state index in [1.165, 1.54) is 0 Å². The van der Waals surface area contributed by atoms with Crippen LogP contribution in [-0.2, 0) is 14.3 Å². The van der Waals surface area contributed by atoms with E-state index in [9.17, 15) is 9.59 Å². The number of hydrogen-bond acceptors (Lipinski definition) is 4. The predicted molar refractivity (Wildman–Crippen MR) is 64.7 cm³/mol. The van der Waals surface area contributed by atoms with Crippen LogP contribution in [0, 0.1) is 0 Å². The molecule has 0 saturated carbocycles. The average molecular weight is 243 g/mol. The number of likely N-dealkylation sites (N-methyl/N-ethyl adjacent to an activating group) is 1. The third-order valence-electron chi connectivity index (χ3n) is 1.71. The smallest absolute Gasteiger partial charge is 0.334 e. The van der Waals surface area contributed by atoms with Gasteiger partial charge in [-0.1, -0.05) is 6.08 Å². The highest BCUT2D eigenvalue weighted by atomic mass is 16.6. The van der Waals surface area contributed by atoms with Crippen LogP contribution in [0.4, 0.5) is 0 Å². The van der Waals surface area contributed by atoms with Gasteiger partial charge < -0.3 is 14.7 Å². The fourth-order valence-electron chi connectivity index (χ4n) is 1.03. The number of ether oxygens (including phenoxy) is 1. The zero-order chi connectivity index (χ0) is 13.6. The van der Waals surface area contributed by atoms with Crippen LogP contribution in [0.25, 0.3) is 0 Å². The number of aliphatic carboxylic acids is 1. The maximum Gasteiger partial charge on any atom is 0.334 e. The summed E-state index contributed by atoms with van der Waals surface area (Å²) < 4.78 is 5.14. The van der Waals surface area contributed by atoms with E-state index < -0.39 is 17.5 Å². The van der Waals surface area contributed by atoms with Gasteiger partial charge in [-0.25, -0.2) is 4.79 Å². The van der Waals surface area contributed by atoms with E-state index in [1.54, 1.807) is 26.8 Å². The second-order valence-electron chi connectivity index (χ2n) is 5.06. The number of nitrogens with zero attached hydrogens (tertiary/aromatic N) is 1. The Morgan fingerprint density at radius 2 is 1.82 bits per heavy atom. The summed E-state index contributed by atoms with van der Waals surface area (Å²) in [4.78, 5) is 24.2. The van der Waals surface area contributed by atoms with Crippen molar-refractivity contribution < 1.29 is 19.4 Å². The fraction of sp³-hybridized carbons (Fsp3) is 0.667. The molecule has 0 saturated heterocycles. The molecule has 0 atom stereocenters. The molecule has 0 aliphatic carbocycles. The highest BCUT2D eigenvalue weighted by Crippen LogP contribution is 2.13. The molecular weight excluding hydrogens is 222 g/mol. The Bertz CT molecular complexity index is 313. The molecule has 17 heavy (non-hydrogen) atoms. The minimum atomic E-state index is -1.04. The van der Waals surface area contributed by atoms with Gasteiger partial charge in [0.25, 0.3) is 0 Å². The molecule has 5 heteroatoms. The quantitative estimate of drug-likeness (QED) is 0.582. The molecule has 0 amide bonds. The molecule has 0 rings (SSSR count). The Morgan fingerprint density at radius 1 is 1.29 bits per heavy atom.